The molecule has 0 N–H and O–H groups in total. The van der Waals surface area contributed by atoms with E-state index in [4.69, 9.17) is 9.47 Å². The van der Waals surface area contributed by atoms with Crippen molar-refractivity contribution >= 4 is 0 Å². The number of halogens is 3. The van der Waals surface area contributed by atoms with Gasteiger partial charge < -0.3 is 9.47 Å². The Kier molecular flexibility index (Phi) is 7.73. The molecule has 0 bridgehead atoms. The van der Waals surface area contributed by atoms with Crippen molar-refractivity contribution in [3.8, 4) is 28.0 Å². The second-order valence-corrected chi connectivity index (χ2v) is 8.64. The Hall–Kier alpha value is -3.05. The summed E-state index contributed by atoms with van der Waals surface area (Å²) >= 11 is 0. The van der Waals surface area contributed by atoms with Gasteiger partial charge in [-0.3, -0.25) is 0 Å². The largest absolute Gasteiger partial charge is 0.490 e. The smallest absolute Gasteiger partial charge is 0.201 e. The SMILES string of the molecule is C=CC1CCC(c2ccc(-c3ccc(-c4ccc(OCCCC)c(F)c4F)cc3)c(F)c2)CO1. The standard InChI is InChI=1S/C29H29F3O2/c1-3-5-16-33-27-15-14-25(28(31)29(27)32)20-8-6-19(7-9-20)24-13-11-21(17-26(24)30)22-10-12-23(4-2)34-18-22/h4,6-9,11,13-15,17,22-23H,2-3,5,10,12,16,18H2,1H3. The molecule has 0 spiro atoms. The van der Waals surface area contributed by atoms with Gasteiger partial charge in [-0.2, -0.15) is 4.39 Å². The number of unbranched alkanes of at least 4 members (excludes halogenated alkanes) is 1. The third kappa shape index (κ3) is 5.20. The van der Waals surface area contributed by atoms with Crippen LogP contribution in [0.15, 0.2) is 67.3 Å². The van der Waals surface area contributed by atoms with Crippen molar-refractivity contribution in [2.45, 2.75) is 44.6 Å². The molecule has 2 atom stereocenters. The molecule has 178 valence electrons. The molecule has 1 heterocycles. The van der Waals surface area contributed by atoms with E-state index in [0.717, 1.165) is 31.2 Å². The fourth-order valence-corrected chi connectivity index (χ4v) is 4.26. The predicted molar refractivity (Wildman–Crippen MR) is 130 cm³/mol. The van der Waals surface area contributed by atoms with E-state index in [1.807, 2.05) is 13.0 Å². The minimum atomic E-state index is -0.995. The Morgan fingerprint density at radius 3 is 2.26 bits per heavy atom. The second-order valence-electron chi connectivity index (χ2n) is 8.64. The Morgan fingerprint density at radius 1 is 0.941 bits per heavy atom. The van der Waals surface area contributed by atoms with E-state index in [2.05, 4.69) is 6.58 Å². The summed E-state index contributed by atoms with van der Waals surface area (Å²) in [6.07, 6.45) is 5.35. The third-order valence-electron chi connectivity index (χ3n) is 6.35. The molecule has 0 amide bonds. The lowest BCUT2D eigenvalue weighted by atomic mass is 9.90. The van der Waals surface area contributed by atoms with Crippen molar-refractivity contribution in [3.63, 3.8) is 0 Å². The fraction of sp³-hybridized carbons (Fsp3) is 0.310. The van der Waals surface area contributed by atoms with Gasteiger partial charge in [0.05, 0.1) is 19.3 Å². The summed E-state index contributed by atoms with van der Waals surface area (Å²) in [6, 6.07) is 15.0. The normalized spacial score (nSPS) is 18.0. The average molecular weight is 467 g/mol. The van der Waals surface area contributed by atoms with Crippen LogP contribution in [0.3, 0.4) is 0 Å². The number of benzene rings is 3. The molecule has 4 rings (SSSR count). The van der Waals surface area contributed by atoms with E-state index in [-0.39, 0.29) is 29.2 Å². The molecular weight excluding hydrogens is 437 g/mol. The third-order valence-corrected chi connectivity index (χ3v) is 6.35. The zero-order valence-electron chi connectivity index (χ0n) is 19.3. The highest BCUT2D eigenvalue weighted by atomic mass is 19.2. The van der Waals surface area contributed by atoms with Crippen LogP contribution < -0.4 is 4.74 Å². The molecule has 0 radical (unpaired) electrons. The summed E-state index contributed by atoms with van der Waals surface area (Å²) < 4.78 is 55.2. The van der Waals surface area contributed by atoms with Gasteiger partial charge in [0.2, 0.25) is 5.82 Å². The lowest BCUT2D eigenvalue weighted by Crippen LogP contribution is -2.23. The van der Waals surface area contributed by atoms with Crippen LogP contribution in [0, 0.1) is 17.5 Å². The minimum absolute atomic E-state index is 0.0713. The molecule has 5 heteroatoms. The molecule has 0 aromatic heterocycles. The van der Waals surface area contributed by atoms with E-state index < -0.39 is 11.6 Å². The van der Waals surface area contributed by atoms with Crippen LogP contribution >= 0.6 is 0 Å². The Labute approximate surface area is 199 Å². The van der Waals surface area contributed by atoms with Crippen molar-refractivity contribution in [2.24, 2.45) is 0 Å². The second kappa shape index (κ2) is 10.9. The summed E-state index contributed by atoms with van der Waals surface area (Å²) in [6.45, 7) is 6.65. The highest BCUT2D eigenvalue weighted by molar-refractivity contribution is 5.71. The molecule has 2 unspecified atom stereocenters. The van der Waals surface area contributed by atoms with Crippen LogP contribution in [-0.4, -0.2) is 19.3 Å². The van der Waals surface area contributed by atoms with Crippen LogP contribution in [0.1, 0.15) is 44.1 Å². The highest BCUT2D eigenvalue weighted by Crippen LogP contribution is 2.34. The first kappa shape index (κ1) is 24.1. The average Bonchev–Trinajstić information content (AvgIpc) is 2.87. The molecule has 1 fully saturated rings. The van der Waals surface area contributed by atoms with Gasteiger partial charge in [0, 0.05) is 17.0 Å². The van der Waals surface area contributed by atoms with Crippen molar-refractivity contribution in [1.29, 1.82) is 0 Å². The lowest BCUT2D eigenvalue weighted by molar-refractivity contribution is 0.0328. The van der Waals surface area contributed by atoms with Gasteiger partial charge in [0.15, 0.2) is 11.6 Å². The van der Waals surface area contributed by atoms with E-state index >= 15 is 0 Å². The van der Waals surface area contributed by atoms with Crippen LogP contribution in [0.5, 0.6) is 5.75 Å². The molecule has 0 saturated carbocycles. The Bertz CT molecular complexity index is 1130. The van der Waals surface area contributed by atoms with Crippen LogP contribution in [0.4, 0.5) is 13.2 Å². The van der Waals surface area contributed by atoms with Gasteiger partial charge in [0.25, 0.3) is 0 Å². The maximum Gasteiger partial charge on any atom is 0.201 e. The monoisotopic (exact) mass is 466 g/mol. The molecular formula is C29H29F3O2. The molecule has 3 aromatic carbocycles. The summed E-state index contributed by atoms with van der Waals surface area (Å²) in [7, 11) is 0. The highest BCUT2D eigenvalue weighted by Gasteiger charge is 2.22. The zero-order valence-corrected chi connectivity index (χ0v) is 19.3. The van der Waals surface area contributed by atoms with Gasteiger partial charge in [0.1, 0.15) is 5.82 Å². The summed E-state index contributed by atoms with van der Waals surface area (Å²) in [5, 5.41) is 0. The first-order chi connectivity index (χ1) is 16.5. The summed E-state index contributed by atoms with van der Waals surface area (Å²) in [5.74, 6) is -2.19. The fourth-order valence-electron chi connectivity index (χ4n) is 4.26. The van der Waals surface area contributed by atoms with Gasteiger partial charge in [-0.1, -0.05) is 55.8 Å². The van der Waals surface area contributed by atoms with E-state index in [9.17, 15) is 13.2 Å². The van der Waals surface area contributed by atoms with Crippen molar-refractivity contribution in [3.05, 3.63) is 90.3 Å². The maximum atomic E-state index is 15.0. The molecule has 1 aliphatic heterocycles. The number of hydrogen-bond acceptors (Lipinski definition) is 2. The van der Waals surface area contributed by atoms with Crippen molar-refractivity contribution in [2.75, 3.05) is 13.2 Å². The molecule has 1 aliphatic rings. The summed E-state index contributed by atoms with van der Waals surface area (Å²) in [4.78, 5) is 0. The van der Waals surface area contributed by atoms with Crippen LogP contribution in [-0.2, 0) is 4.74 Å². The molecule has 1 saturated heterocycles. The molecule has 3 aromatic rings. The Morgan fingerprint density at radius 2 is 1.65 bits per heavy atom. The quantitative estimate of drug-likeness (QED) is 0.247. The Balaban J connectivity index is 1.51. The number of ether oxygens (including phenoxy) is 2. The topological polar surface area (TPSA) is 18.5 Å². The first-order valence-corrected chi connectivity index (χ1v) is 11.8. The van der Waals surface area contributed by atoms with Crippen LogP contribution in [0.2, 0.25) is 0 Å². The molecule has 2 nitrogen and oxygen atoms in total. The first-order valence-electron chi connectivity index (χ1n) is 11.8. The van der Waals surface area contributed by atoms with Crippen LogP contribution in [0.25, 0.3) is 22.3 Å². The predicted octanol–water partition coefficient (Wildman–Crippen LogP) is 8.07. The number of hydrogen-bond donors (Lipinski definition) is 0. The minimum Gasteiger partial charge on any atom is -0.490 e. The lowest BCUT2D eigenvalue weighted by Gasteiger charge is -2.27. The summed E-state index contributed by atoms with van der Waals surface area (Å²) in [5.41, 5.74) is 2.69. The van der Waals surface area contributed by atoms with E-state index in [1.54, 1.807) is 42.5 Å². The van der Waals surface area contributed by atoms with Gasteiger partial charge in [-0.05, 0) is 54.2 Å². The number of rotatable bonds is 8. The molecule has 34 heavy (non-hydrogen) atoms. The van der Waals surface area contributed by atoms with E-state index in [1.165, 1.54) is 12.1 Å². The zero-order chi connectivity index (χ0) is 24.1. The molecule has 0 aliphatic carbocycles. The van der Waals surface area contributed by atoms with Crippen molar-refractivity contribution in [1.82, 2.24) is 0 Å². The van der Waals surface area contributed by atoms with Gasteiger partial charge in [-0.15, -0.1) is 6.58 Å². The van der Waals surface area contributed by atoms with Gasteiger partial charge >= 0.3 is 0 Å². The van der Waals surface area contributed by atoms with Gasteiger partial charge in [-0.25, -0.2) is 8.78 Å². The maximum absolute atomic E-state index is 15.0. The van der Waals surface area contributed by atoms with Crippen molar-refractivity contribution < 1.29 is 22.6 Å². The van der Waals surface area contributed by atoms with E-state index in [0.29, 0.717) is 29.9 Å².